The van der Waals surface area contributed by atoms with Crippen molar-refractivity contribution in [1.29, 1.82) is 21.0 Å². The molecule has 0 aliphatic carbocycles. The second kappa shape index (κ2) is 12.3. The summed E-state index contributed by atoms with van der Waals surface area (Å²) in [6.45, 7) is 0. The van der Waals surface area contributed by atoms with Crippen LogP contribution in [0.5, 0.6) is 0 Å². The van der Waals surface area contributed by atoms with E-state index in [9.17, 15) is 21.0 Å². The maximum Gasteiger partial charge on any atom is 0.101 e. The first-order valence-electron chi connectivity index (χ1n) is 16.9. The Bertz CT molecular complexity index is 2930. The molecule has 7 heteroatoms. The summed E-state index contributed by atoms with van der Waals surface area (Å²) in [4.78, 5) is 2.24. The summed E-state index contributed by atoms with van der Waals surface area (Å²) in [7, 11) is 0. The van der Waals surface area contributed by atoms with Crippen LogP contribution in [0.2, 0.25) is 0 Å². The van der Waals surface area contributed by atoms with Crippen LogP contribution < -0.4 is 4.90 Å². The quantitative estimate of drug-likeness (QED) is 0.180. The van der Waals surface area contributed by atoms with E-state index in [0.29, 0.717) is 33.6 Å². The summed E-state index contributed by atoms with van der Waals surface area (Å²) in [6, 6.07) is 58.7. The van der Waals surface area contributed by atoms with E-state index in [1.165, 1.54) is 0 Å². The van der Waals surface area contributed by atoms with Gasteiger partial charge in [0, 0.05) is 38.6 Å². The number of aromatic nitrogens is 2. The Labute approximate surface area is 304 Å². The van der Waals surface area contributed by atoms with Gasteiger partial charge in [0.05, 0.1) is 67.8 Å². The summed E-state index contributed by atoms with van der Waals surface area (Å²) in [6.07, 6.45) is 0. The van der Waals surface area contributed by atoms with Gasteiger partial charge in [-0.2, -0.15) is 21.0 Å². The van der Waals surface area contributed by atoms with Crippen LogP contribution in [-0.2, 0) is 0 Å². The number of hydrogen-bond acceptors (Lipinski definition) is 5. The fourth-order valence-corrected chi connectivity index (χ4v) is 7.52. The van der Waals surface area contributed by atoms with Crippen LogP contribution in [0, 0.1) is 45.3 Å². The molecule has 0 aliphatic heterocycles. The first-order valence-corrected chi connectivity index (χ1v) is 16.9. The van der Waals surface area contributed by atoms with Gasteiger partial charge in [-0.3, -0.25) is 0 Å². The second-order valence-electron chi connectivity index (χ2n) is 12.7. The standard InChI is InChI=1S/C46H25N7/c47-26-30-14-18-41(32(22-30)28-49)52-43-12-6-4-10-37(43)39-24-35(16-20-45(39)52)51(34-8-2-1-3-9-34)36-17-21-46-40(25-36)38-11-5-7-13-44(38)53(46)42-19-15-31(27-48)23-33(42)29-50/h1-25H. The molecule has 7 aromatic carbocycles. The molecule has 0 bridgehead atoms. The molecule has 0 N–H and O–H groups in total. The molecule has 0 unspecified atom stereocenters. The van der Waals surface area contributed by atoms with Crippen molar-refractivity contribution in [3.63, 3.8) is 0 Å². The van der Waals surface area contributed by atoms with Crippen molar-refractivity contribution in [2.45, 2.75) is 0 Å². The zero-order chi connectivity index (χ0) is 36.1. The predicted octanol–water partition coefficient (Wildman–Crippen LogP) is 10.8. The van der Waals surface area contributed by atoms with Crippen molar-refractivity contribution in [3.05, 3.63) is 174 Å². The molecule has 0 radical (unpaired) electrons. The molecule has 2 heterocycles. The summed E-state index contributed by atoms with van der Waals surface area (Å²) in [5, 5.41) is 43.3. The third-order valence-corrected chi connectivity index (χ3v) is 9.82. The lowest BCUT2D eigenvalue weighted by Crippen LogP contribution is -2.10. The van der Waals surface area contributed by atoms with Crippen molar-refractivity contribution in [2.75, 3.05) is 4.90 Å². The average molecular weight is 676 g/mol. The van der Waals surface area contributed by atoms with Crippen LogP contribution in [0.3, 0.4) is 0 Å². The molecule has 0 amide bonds. The van der Waals surface area contributed by atoms with Gasteiger partial charge in [0.2, 0.25) is 0 Å². The molecule has 0 saturated carbocycles. The van der Waals surface area contributed by atoms with E-state index in [1.807, 2.05) is 54.6 Å². The van der Waals surface area contributed by atoms with Crippen LogP contribution >= 0.6 is 0 Å². The summed E-state index contributed by atoms with van der Waals surface area (Å²) in [5.41, 5.74) is 9.86. The van der Waals surface area contributed by atoms with Crippen molar-refractivity contribution < 1.29 is 0 Å². The predicted molar refractivity (Wildman–Crippen MR) is 209 cm³/mol. The summed E-state index contributed by atoms with van der Waals surface area (Å²) < 4.78 is 4.20. The Morgan fingerprint density at radius 1 is 0.358 bits per heavy atom. The highest BCUT2D eigenvalue weighted by Crippen LogP contribution is 2.42. The van der Waals surface area contributed by atoms with Gasteiger partial charge in [-0.1, -0.05) is 54.6 Å². The minimum Gasteiger partial charge on any atom is -0.310 e. The molecule has 9 rings (SSSR count). The molecule has 0 saturated heterocycles. The number of hydrogen-bond donors (Lipinski definition) is 0. The Morgan fingerprint density at radius 2 is 0.792 bits per heavy atom. The lowest BCUT2D eigenvalue weighted by Gasteiger charge is -2.26. The van der Waals surface area contributed by atoms with E-state index in [4.69, 9.17) is 0 Å². The Morgan fingerprint density at radius 3 is 1.25 bits per heavy atom. The maximum atomic E-state index is 10.1. The van der Waals surface area contributed by atoms with Crippen molar-refractivity contribution >= 4 is 60.7 Å². The molecular weight excluding hydrogens is 651 g/mol. The Hall–Kier alpha value is -8.10. The number of nitriles is 4. The van der Waals surface area contributed by atoms with E-state index in [2.05, 4.69) is 111 Å². The molecule has 0 atom stereocenters. The van der Waals surface area contributed by atoms with Gasteiger partial charge < -0.3 is 14.0 Å². The van der Waals surface area contributed by atoms with Crippen LogP contribution in [0.4, 0.5) is 17.1 Å². The number of nitrogens with zero attached hydrogens (tertiary/aromatic N) is 7. The zero-order valence-corrected chi connectivity index (χ0v) is 28.1. The number of rotatable bonds is 5. The third-order valence-electron chi connectivity index (χ3n) is 9.82. The highest BCUT2D eigenvalue weighted by molar-refractivity contribution is 6.12. The average Bonchev–Trinajstić information content (AvgIpc) is 3.73. The SMILES string of the molecule is N#Cc1ccc(-n2c3ccccc3c3cc(N(c4ccccc4)c4ccc5c(c4)c4ccccc4n5-c4ccc(C#N)cc4C#N)ccc32)c(C#N)c1. The maximum absolute atomic E-state index is 10.1. The third kappa shape index (κ3) is 4.86. The molecule has 2 aromatic heterocycles. The van der Waals surface area contributed by atoms with Crippen molar-refractivity contribution in [3.8, 4) is 35.7 Å². The molecule has 0 fully saturated rings. The van der Waals surface area contributed by atoms with Gasteiger partial charge in [-0.25, -0.2) is 0 Å². The monoisotopic (exact) mass is 675 g/mol. The van der Waals surface area contributed by atoms with Gasteiger partial charge >= 0.3 is 0 Å². The fraction of sp³-hybridized carbons (Fsp3) is 0. The lowest BCUT2D eigenvalue weighted by molar-refractivity contribution is 1.16. The minimum atomic E-state index is 0.428. The molecule has 7 nitrogen and oxygen atoms in total. The van der Waals surface area contributed by atoms with E-state index in [-0.39, 0.29) is 0 Å². The van der Waals surface area contributed by atoms with Gasteiger partial charge in [-0.15, -0.1) is 0 Å². The summed E-state index contributed by atoms with van der Waals surface area (Å²) in [5.74, 6) is 0. The highest BCUT2D eigenvalue weighted by atomic mass is 15.1. The Balaban J connectivity index is 1.27. The molecule has 9 aromatic rings. The number of fused-ring (bicyclic) bond motifs is 6. The largest absolute Gasteiger partial charge is 0.310 e. The summed E-state index contributed by atoms with van der Waals surface area (Å²) >= 11 is 0. The molecule has 244 valence electrons. The van der Waals surface area contributed by atoms with Crippen LogP contribution in [0.1, 0.15) is 22.3 Å². The smallest absolute Gasteiger partial charge is 0.101 e. The highest BCUT2D eigenvalue weighted by Gasteiger charge is 2.21. The zero-order valence-electron chi connectivity index (χ0n) is 28.1. The lowest BCUT2D eigenvalue weighted by atomic mass is 10.1. The van der Waals surface area contributed by atoms with Crippen molar-refractivity contribution in [1.82, 2.24) is 9.13 Å². The first kappa shape index (κ1) is 30.9. The van der Waals surface area contributed by atoms with Gasteiger partial charge in [0.15, 0.2) is 0 Å². The fourth-order valence-electron chi connectivity index (χ4n) is 7.52. The number of anilines is 3. The molecule has 0 spiro atoms. The molecule has 53 heavy (non-hydrogen) atoms. The normalized spacial score (nSPS) is 10.9. The van der Waals surface area contributed by atoms with Gasteiger partial charge in [0.1, 0.15) is 12.1 Å². The van der Waals surface area contributed by atoms with Crippen molar-refractivity contribution in [2.24, 2.45) is 0 Å². The second-order valence-corrected chi connectivity index (χ2v) is 12.7. The van der Waals surface area contributed by atoms with Gasteiger partial charge in [0.25, 0.3) is 0 Å². The van der Waals surface area contributed by atoms with E-state index in [1.54, 1.807) is 24.3 Å². The molecule has 0 aliphatic rings. The van der Waals surface area contributed by atoms with Gasteiger partial charge in [-0.05, 0) is 97.1 Å². The number of benzene rings is 7. The molecular formula is C46H25N7. The Kier molecular flexibility index (Phi) is 7.20. The first-order chi connectivity index (χ1) is 26.1. The van der Waals surface area contributed by atoms with Crippen LogP contribution in [0.25, 0.3) is 55.0 Å². The van der Waals surface area contributed by atoms with Crippen LogP contribution in [0.15, 0.2) is 152 Å². The van der Waals surface area contributed by atoms with Crippen LogP contribution in [-0.4, -0.2) is 9.13 Å². The topological polar surface area (TPSA) is 108 Å². The van der Waals surface area contributed by atoms with E-state index >= 15 is 0 Å². The number of para-hydroxylation sites is 3. The minimum absolute atomic E-state index is 0.428. The van der Waals surface area contributed by atoms with E-state index < -0.39 is 0 Å². The van der Waals surface area contributed by atoms with E-state index in [0.717, 1.165) is 60.7 Å².